The summed E-state index contributed by atoms with van der Waals surface area (Å²) in [4.78, 5) is 0. The van der Waals surface area contributed by atoms with Gasteiger partial charge < -0.3 is 4.74 Å². The van der Waals surface area contributed by atoms with E-state index in [-0.39, 0.29) is 6.42 Å². The molecule has 1 N–H and O–H groups in total. The Kier molecular flexibility index (Phi) is 15.8. The number of hydrogen-bond acceptors (Lipinski definition) is 3. The Morgan fingerprint density at radius 2 is 1.19 bits per heavy atom. The lowest BCUT2D eigenvalue weighted by molar-refractivity contribution is 0.252. The molecule has 0 saturated carbocycles. The van der Waals surface area contributed by atoms with Gasteiger partial charge in [0.1, 0.15) is 5.75 Å². The topological polar surface area (TPSA) is 63.6 Å². The SMILES string of the molecule is CCCCCCCCCc1ccc(OC(CC)S(=O)(=O)O)cc1CCCCCCCCC. The van der Waals surface area contributed by atoms with Crippen LogP contribution in [0.5, 0.6) is 5.75 Å². The summed E-state index contributed by atoms with van der Waals surface area (Å²) in [7, 11) is -4.22. The molecule has 0 aliphatic heterocycles. The smallest absolute Gasteiger partial charge is 0.303 e. The van der Waals surface area contributed by atoms with Crippen LogP contribution in [0.15, 0.2) is 18.2 Å². The first-order valence-electron chi connectivity index (χ1n) is 13.2. The Morgan fingerprint density at radius 1 is 0.719 bits per heavy atom. The molecule has 32 heavy (non-hydrogen) atoms. The van der Waals surface area contributed by atoms with Crippen molar-refractivity contribution in [1.82, 2.24) is 0 Å². The van der Waals surface area contributed by atoms with Gasteiger partial charge in [-0.2, -0.15) is 8.42 Å². The normalized spacial score (nSPS) is 12.8. The molecule has 0 saturated heterocycles. The summed E-state index contributed by atoms with van der Waals surface area (Å²) in [5.74, 6) is 0.538. The lowest BCUT2D eigenvalue weighted by Gasteiger charge is -2.17. The van der Waals surface area contributed by atoms with Crippen molar-refractivity contribution in [2.75, 3.05) is 0 Å². The van der Waals surface area contributed by atoms with Crippen molar-refractivity contribution in [2.24, 2.45) is 0 Å². The number of unbranched alkanes of at least 4 members (excludes halogenated alkanes) is 12. The molecule has 0 bridgehead atoms. The molecule has 5 heteroatoms. The van der Waals surface area contributed by atoms with Gasteiger partial charge in [-0.25, -0.2) is 0 Å². The van der Waals surface area contributed by atoms with Gasteiger partial charge in [-0.3, -0.25) is 4.55 Å². The number of aryl methyl sites for hydroxylation is 2. The molecule has 4 nitrogen and oxygen atoms in total. The summed E-state index contributed by atoms with van der Waals surface area (Å²) in [5.41, 5.74) is 1.42. The summed E-state index contributed by atoms with van der Waals surface area (Å²) < 4.78 is 38.1. The molecular weight excluding hydrogens is 420 g/mol. The highest BCUT2D eigenvalue weighted by Crippen LogP contribution is 2.25. The molecular formula is C27H48O4S. The highest BCUT2D eigenvalue weighted by atomic mass is 32.2. The van der Waals surface area contributed by atoms with E-state index in [9.17, 15) is 13.0 Å². The molecule has 0 radical (unpaired) electrons. The van der Waals surface area contributed by atoms with Crippen LogP contribution < -0.4 is 4.74 Å². The number of rotatable bonds is 20. The van der Waals surface area contributed by atoms with Gasteiger partial charge in [-0.1, -0.05) is 104 Å². The van der Waals surface area contributed by atoms with Crippen molar-refractivity contribution in [3.05, 3.63) is 29.3 Å². The summed E-state index contributed by atoms with van der Waals surface area (Å²) in [6.07, 6.45) is 20.3. The first-order valence-corrected chi connectivity index (χ1v) is 14.7. The van der Waals surface area contributed by atoms with Crippen LogP contribution >= 0.6 is 0 Å². The van der Waals surface area contributed by atoms with E-state index in [1.165, 1.54) is 94.6 Å². The Hall–Kier alpha value is -1.07. The maximum atomic E-state index is 11.5. The molecule has 0 aromatic heterocycles. The highest BCUT2D eigenvalue weighted by Gasteiger charge is 2.23. The van der Waals surface area contributed by atoms with Crippen LogP contribution in [0.25, 0.3) is 0 Å². The second-order valence-corrected chi connectivity index (χ2v) is 10.7. The van der Waals surface area contributed by atoms with Gasteiger partial charge in [-0.05, 0) is 55.4 Å². The highest BCUT2D eigenvalue weighted by molar-refractivity contribution is 7.86. The Balaban J connectivity index is 2.67. The number of benzene rings is 1. The Labute approximate surface area is 198 Å². The largest absolute Gasteiger partial charge is 0.472 e. The standard InChI is InChI=1S/C27H48O4S/c1-4-7-9-11-13-15-17-19-24-21-22-26(31-27(6-3)32(28,29)30)23-25(24)20-18-16-14-12-10-8-5-2/h21-23,27H,4-20H2,1-3H3,(H,28,29,30). The quantitative estimate of drug-likeness (QED) is 0.154. The summed E-state index contributed by atoms with van der Waals surface area (Å²) in [6.45, 7) is 6.19. The van der Waals surface area contributed by atoms with Crippen molar-refractivity contribution in [3.63, 3.8) is 0 Å². The monoisotopic (exact) mass is 468 g/mol. The second kappa shape index (κ2) is 17.4. The van der Waals surface area contributed by atoms with Gasteiger partial charge in [0.05, 0.1) is 0 Å². The van der Waals surface area contributed by atoms with Crippen LogP contribution in [-0.4, -0.2) is 18.4 Å². The first kappa shape index (κ1) is 29.0. The average Bonchev–Trinajstić information content (AvgIpc) is 2.76. The fourth-order valence-electron chi connectivity index (χ4n) is 4.20. The van der Waals surface area contributed by atoms with Gasteiger partial charge in [0, 0.05) is 0 Å². The molecule has 0 fully saturated rings. The van der Waals surface area contributed by atoms with Gasteiger partial charge in [0.15, 0.2) is 0 Å². The predicted octanol–water partition coefficient (Wildman–Crippen LogP) is 8.28. The minimum absolute atomic E-state index is 0.214. The van der Waals surface area contributed by atoms with E-state index in [0.717, 1.165) is 19.3 Å². The van der Waals surface area contributed by atoms with E-state index in [0.29, 0.717) is 5.75 Å². The second-order valence-electron chi connectivity index (χ2n) is 9.14. The molecule has 1 unspecified atom stereocenters. The minimum Gasteiger partial charge on any atom is -0.472 e. The van der Waals surface area contributed by atoms with E-state index in [1.807, 2.05) is 12.1 Å². The predicted molar refractivity (Wildman–Crippen MR) is 136 cm³/mol. The molecule has 0 spiro atoms. The van der Waals surface area contributed by atoms with Crippen molar-refractivity contribution in [2.45, 2.75) is 135 Å². The molecule has 0 aliphatic rings. The third-order valence-electron chi connectivity index (χ3n) is 6.21. The molecule has 0 heterocycles. The van der Waals surface area contributed by atoms with Crippen LogP contribution in [0.2, 0.25) is 0 Å². The number of hydrogen-bond donors (Lipinski definition) is 1. The first-order chi connectivity index (χ1) is 15.4. The van der Waals surface area contributed by atoms with Crippen LogP contribution in [0.4, 0.5) is 0 Å². The maximum absolute atomic E-state index is 11.5. The summed E-state index contributed by atoms with van der Waals surface area (Å²) >= 11 is 0. The third-order valence-corrected chi connectivity index (χ3v) is 7.30. The zero-order valence-corrected chi connectivity index (χ0v) is 21.7. The molecule has 1 aromatic rings. The van der Waals surface area contributed by atoms with E-state index >= 15 is 0 Å². The van der Waals surface area contributed by atoms with E-state index in [4.69, 9.17) is 4.74 Å². The summed E-state index contributed by atoms with van der Waals surface area (Å²) in [5, 5.41) is 0. The van der Waals surface area contributed by atoms with Crippen LogP contribution in [0, 0.1) is 0 Å². The Bertz CT molecular complexity index is 700. The zero-order chi connectivity index (χ0) is 23.7. The van der Waals surface area contributed by atoms with E-state index < -0.39 is 15.6 Å². The van der Waals surface area contributed by atoms with Gasteiger partial charge in [0.2, 0.25) is 5.44 Å². The molecule has 1 rings (SSSR count). The third kappa shape index (κ3) is 12.8. The lowest BCUT2D eigenvalue weighted by atomic mass is 9.96. The van der Waals surface area contributed by atoms with Crippen LogP contribution in [0.1, 0.15) is 128 Å². The molecule has 0 aliphatic carbocycles. The van der Waals surface area contributed by atoms with Gasteiger partial charge in [0.25, 0.3) is 0 Å². The zero-order valence-electron chi connectivity index (χ0n) is 20.9. The molecule has 1 aromatic carbocycles. The molecule has 186 valence electrons. The van der Waals surface area contributed by atoms with Crippen LogP contribution in [-0.2, 0) is 23.0 Å². The van der Waals surface area contributed by atoms with Crippen molar-refractivity contribution < 1.29 is 17.7 Å². The van der Waals surface area contributed by atoms with Gasteiger partial charge in [-0.15, -0.1) is 0 Å². The minimum atomic E-state index is -4.22. The maximum Gasteiger partial charge on any atom is 0.303 e. The van der Waals surface area contributed by atoms with E-state index in [2.05, 4.69) is 19.9 Å². The van der Waals surface area contributed by atoms with Crippen molar-refractivity contribution in [1.29, 1.82) is 0 Å². The van der Waals surface area contributed by atoms with Crippen LogP contribution in [0.3, 0.4) is 0 Å². The van der Waals surface area contributed by atoms with Gasteiger partial charge >= 0.3 is 10.1 Å². The fraction of sp³-hybridized carbons (Fsp3) is 0.778. The lowest BCUT2D eigenvalue weighted by Crippen LogP contribution is -2.26. The Morgan fingerprint density at radius 3 is 1.66 bits per heavy atom. The number of ether oxygens (including phenoxy) is 1. The van der Waals surface area contributed by atoms with E-state index in [1.54, 1.807) is 6.92 Å². The fourth-order valence-corrected chi connectivity index (χ4v) is 4.86. The van der Waals surface area contributed by atoms with Crippen molar-refractivity contribution >= 4 is 10.1 Å². The molecule has 0 amide bonds. The van der Waals surface area contributed by atoms with Crippen molar-refractivity contribution in [3.8, 4) is 5.75 Å². The molecule has 1 atom stereocenters. The summed E-state index contributed by atoms with van der Waals surface area (Å²) in [6, 6.07) is 5.96. The average molecular weight is 469 g/mol.